The largest absolute Gasteiger partial charge is 0.534 e. The van der Waals surface area contributed by atoms with Crippen LogP contribution in [0.25, 0.3) is 0 Å². The van der Waals surface area contributed by atoms with E-state index in [1.807, 2.05) is 0 Å². The molecule has 1 unspecified atom stereocenters. The molecule has 0 N–H and O–H groups in total. The highest BCUT2D eigenvalue weighted by Gasteiger charge is 2.49. The SMILES string of the molecule is CC(F)(F)C1CC=C(OS(=O)(=O)C(F)(F)F)C1.CCOC=O. The van der Waals surface area contributed by atoms with Crippen LogP contribution in [0.4, 0.5) is 22.0 Å². The summed E-state index contributed by atoms with van der Waals surface area (Å²) in [5.41, 5.74) is -5.55. The van der Waals surface area contributed by atoms with Crippen molar-refractivity contribution in [2.75, 3.05) is 6.61 Å². The predicted molar refractivity (Wildman–Crippen MR) is 65.2 cm³/mol. The molecule has 0 aromatic carbocycles. The quantitative estimate of drug-likeness (QED) is 0.329. The molecule has 5 nitrogen and oxygen atoms in total. The lowest BCUT2D eigenvalue weighted by molar-refractivity contribution is -0.128. The minimum absolute atomic E-state index is 0.216. The molecule has 0 aliphatic heterocycles. The van der Waals surface area contributed by atoms with Crippen LogP contribution in [0.3, 0.4) is 0 Å². The summed E-state index contributed by atoms with van der Waals surface area (Å²) in [4.78, 5) is 9.18. The highest BCUT2D eigenvalue weighted by Crippen LogP contribution is 2.39. The zero-order chi connectivity index (χ0) is 17.6. The summed E-state index contributed by atoms with van der Waals surface area (Å²) in [6, 6.07) is 0. The van der Waals surface area contributed by atoms with Crippen LogP contribution in [0.2, 0.25) is 0 Å². The Morgan fingerprint density at radius 2 is 1.86 bits per heavy atom. The molecule has 0 aromatic rings. The second-order valence-corrected chi connectivity index (χ2v) is 5.84. The smallest absolute Gasteiger partial charge is 0.468 e. The summed E-state index contributed by atoms with van der Waals surface area (Å²) in [6.45, 7) is 3.28. The number of hydrogen-bond donors (Lipinski definition) is 0. The Balaban J connectivity index is 0.000000763. The van der Waals surface area contributed by atoms with Gasteiger partial charge in [0.1, 0.15) is 5.76 Å². The molecule has 130 valence electrons. The highest BCUT2D eigenvalue weighted by molar-refractivity contribution is 7.87. The summed E-state index contributed by atoms with van der Waals surface area (Å²) >= 11 is 0. The van der Waals surface area contributed by atoms with Gasteiger partial charge in [0.05, 0.1) is 6.61 Å². The Bertz CT molecular complexity index is 492. The van der Waals surface area contributed by atoms with Crippen LogP contribution < -0.4 is 0 Å². The molecule has 0 radical (unpaired) electrons. The van der Waals surface area contributed by atoms with Crippen LogP contribution in [0.1, 0.15) is 26.7 Å². The number of halogens is 5. The molecular weight excluding hydrogens is 339 g/mol. The van der Waals surface area contributed by atoms with E-state index in [4.69, 9.17) is 0 Å². The Morgan fingerprint density at radius 3 is 2.14 bits per heavy atom. The molecule has 22 heavy (non-hydrogen) atoms. The number of hydrogen-bond acceptors (Lipinski definition) is 5. The van der Waals surface area contributed by atoms with Gasteiger partial charge >= 0.3 is 15.6 Å². The molecule has 1 atom stereocenters. The molecule has 0 heterocycles. The van der Waals surface area contributed by atoms with Gasteiger partial charge in [-0.2, -0.15) is 21.6 Å². The third-order valence-corrected chi connectivity index (χ3v) is 3.53. The molecule has 1 aliphatic carbocycles. The van der Waals surface area contributed by atoms with Crippen molar-refractivity contribution < 1.29 is 44.1 Å². The van der Waals surface area contributed by atoms with Gasteiger partial charge < -0.3 is 8.92 Å². The van der Waals surface area contributed by atoms with E-state index in [2.05, 4.69) is 8.92 Å². The number of carbonyl (C=O) groups excluding carboxylic acids is 1. The monoisotopic (exact) mass is 354 g/mol. The lowest BCUT2D eigenvalue weighted by Gasteiger charge is -2.18. The minimum atomic E-state index is -5.76. The number of allylic oxidation sites excluding steroid dienone is 2. The third kappa shape index (κ3) is 6.58. The third-order valence-electron chi connectivity index (χ3n) is 2.53. The van der Waals surface area contributed by atoms with Crippen molar-refractivity contribution in [3.63, 3.8) is 0 Å². The van der Waals surface area contributed by atoms with Gasteiger partial charge in [0.2, 0.25) is 5.92 Å². The summed E-state index contributed by atoms with van der Waals surface area (Å²) in [5, 5.41) is 0. The standard InChI is InChI=1S/C8H9F5O3S.C3H6O2/c1-7(9,10)5-2-3-6(4-5)16-17(14,15)8(11,12)13;1-2-5-3-4/h3,5H,2,4H2,1H3;3H,2H2,1H3. The average molecular weight is 354 g/mol. The fourth-order valence-electron chi connectivity index (χ4n) is 1.39. The van der Waals surface area contributed by atoms with Crippen molar-refractivity contribution in [3.8, 4) is 0 Å². The van der Waals surface area contributed by atoms with Gasteiger partial charge in [-0.3, -0.25) is 4.79 Å². The molecule has 0 fully saturated rings. The second-order valence-electron chi connectivity index (χ2n) is 4.30. The zero-order valence-electron chi connectivity index (χ0n) is 11.7. The summed E-state index contributed by atoms with van der Waals surface area (Å²) in [6.07, 6.45) is 0.191. The number of carbonyl (C=O) groups is 1. The Hall–Kier alpha value is -1.39. The van der Waals surface area contributed by atoms with Crippen LogP contribution in [0, 0.1) is 5.92 Å². The first kappa shape index (κ1) is 20.6. The predicted octanol–water partition coefficient (Wildman–Crippen LogP) is 2.98. The van der Waals surface area contributed by atoms with Crippen LogP contribution in [0.5, 0.6) is 0 Å². The van der Waals surface area contributed by atoms with Crippen molar-refractivity contribution in [3.05, 3.63) is 11.8 Å². The normalized spacial score (nSPS) is 18.9. The lowest BCUT2D eigenvalue weighted by atomic mass is 10.0. The molecule has 0 aromatic heterocycles. The van der Waals surface area contributed by atoms with Crippen molar-refractivity contribution >= 4 is 16.6 Å². The van der Waals surface area contributed by atoms with E-state index < -0.39 is 39.6 Å². The van der Waals surface area contributed by atoms with Gasteiger partial charge in [0, 0.05) is 12.3 Å². The van der Waals surface area contributed by atoms with Crippen LogP contribution in [-0.2, 0) is 23.8 Å². The van der Waals surface area contributed by atoms with Crippen LogP contribution >= 0.6 is 0 Å². The molecule has 0 saturated heterocycles. The Kier molecular flexibility index (Phi) is 7.26. The second kappa shape index (κ2) is 7.75. The molecule has 1 rings (SSSR count). The molecule has 0 saturated carbocycles. The van der Waals surface area contributed by atoms with Crippen molar-refractivity contribution in [2.24, 2.45) is 5.92 Å². The molecule has 0 bridgehead atoms. The van der Waals surface area contributed by atoms with Gasteiger partial charge in [-0.05, 0) is 26.3 Å². The fraction of sp³-hybridized carbons (Fsp3) is 0.727. The van der Waals surface area contributed by atoms with Crippen molar-refractivity contribution in [2.45, 2.75) is 38.1 Å². The average Bonchev–Trinajstić information content (AvgIpc) is 2.77. The lowest BCUT2D eigenvalue weighted by Crippen LogP contribution is -2.26. The molecule has 0 amide bonds. The van der Waals surface area contributed by atoms with Gasteiger partial charge in [-0.1, -0.05) is 0 Å². The number of ether oxygens (including phenoxy) is 1. The molecular formula is C11H15F5O5S. The van der Waals surface area contributed by atoms with Gasteiger partial charge in [-0.15, -0.1) is 0 Å². The number of rotatable bonds is 5. The van der Waals surface area contributed by atoms with E-state index >= 15 is 0 Å². The summed E-state index contributed by atoms with van der Waals surface area (Å²) in [5.74, 6) is -4.92. The van der Waals surface area contributed by atoms with Crippen LogP contribution in [-0.4, -0.2) is 32.9 Å². The van der Waals surface area contributed by atoms with E-state index in [1.165, 1.54) is 0 Å². The fourth-order valence-corrected chi connectivity index (χ4v) is 1.91. The maximum Gasteiger partial charge on any atom is 0.534 e. The van der Waals surface area contributed by atoms with E-state index in [1.54, 1.807) is 6.92 Å². The first-order valence-corrected chi connectivity index (χ1v) is 7.38. The Morgan fingerprint density at radius 1 is 1.32 bits per heavy atom. The molecule has 1 aliphatic rings. The van der Waals surface area contributed by atoms with E-state index in [0.29, 0.717) is 20.0 Å². The van der Waals surface area contributed by atoms with Gasteiger partial charge in [-0.25, -0.2) is 8.78 Å². The highest BCUT2D eigenvalue weighted by atomic mass is 32.2. The van der Waals surface area contributed by atoms with E-state index in [0.717, 1.165) is 6.08 Å². The van der Waals surface area contributed by atoms with Crippen molar-refractivity contribution in [1.29, 1.82) is 0 Å². The van der Waals surface area contributed by atoms with E-state index in [9.17, 15) is 35.2 Å². The maximum atomic E-state index is 12.8. The maximum absolute atomic E-state index is 12.8. The number of alkyl halides is 5. The van der Waals surface area contributed by atoms with Crippen LogP contribution in [0.15, 0.2) is 11.8 Å². The first-order valence-electron chi connectivity index (χ1n) is 5.98. The van der Waals surface area contributed by atoms with Gasteiger partial charge in [0.15, 0.2) is 0 Å². The molecule has 0 spiro atoms. The van der Waals surface area contributed by atoms with Crippen molar-refractivity contribution in [1.82, 2.24) is 0 Å². The summed E-state index contributed by atoms with van der Waals surface area (Å²) in [7, 11) is -5.76. The summed E-state index contributed by atoms with van der Waals surface area (Å²) < 4.78 is 90.5. The molecule has 11 heteroatoms. The van der Waals surface area contributed by atoms with E-state index in [-0.39, 0.29) is 6.42 Å². The minimum Gasteiger partial charge on any atom is -0.468 e. The zero-order valence-corrected chi connectivity index (χ0v) is 12.5. The van der Waals surface area contributed by atoms with Gasteiger partial charge in [0.25, 0.3) is 6.47 Å². The Labute approximate surface area is 124 Å². The first-order chi connectivity index (χ1) is 9.85. The topological polar surface area (TPSA) is 69.7 Å².